The minimum Gasteiger partial charge on any atom is -0.487 e. The molecule has 0 aliphatic carbocycles. The molecule has 0 aliphatic rings. The first-order valence-electron chi connectivity index (χ1n) is 8.53. The zero-order valence-electron chi connectivity index (χ0n) is 16.2. The van der Waals surface area contributed by atoms with Crippen LogP contribution in [0.5, 0.6) is 5.75 Å². The third-order valence-electron chi connectivity index (χ3n) is 3.55. The van der Waals surface area contributed by atoms with Crippen LogP contribution in [0.1, 0.15) is 32.8 Å². The van der Waals surface area contributed by atoms with E-state index in [9.17, 15) is 4.79 Å². The van der Waals surface area contributed by atoms with E-state index in [0.717, 1.165) is 12.0 Å². The van der Waals surface area contributed by atoms with Gasteiger partial charge in [-0.25, -0.2) is 5.26 Å². The average molecular weight is 431 g/mol. The van der Waals surface area contributed by atoms with E-state index in [4.69, 9.17) is 10.00 Å². The molecule has 1 heterocycles. The molecule has 0 radical (unpaired) electrons. The largest absolute Gasteiger partial charge is 0.487 e. The predicted molar refractivity (Wildman–Crippen MR) is 116 cm³/mol. The SMILES string of the molecule is C#N.C/C=C(/C)CCn1ccc(OCc2ccccc2)c(Br)c1=O.C=CC. The number of allylic oxidation sites excluding steroid dienone is 3. The Hall–Kier alpha value is -2.58. The summed E-state index contributed by atoms with van der Waals surface area (Å²) in [5.74, 6) is 0.577. The van der Waals surface area contributed by atoms with Gasteiger partial charge in [0.1, 0.15) is 16.8 Å². The molecule has 0 unspecified atom stereocenters. The standard InChI is InChI=1S/C18H20BrNO2.C3H6.CHN/c1-3-14(2)9-11-20-12-10-16(17(19)18(20)21)22-13-15-7-5-4-6-8-15;1-3-2;1-2/h3-8,10,12H,9,11,13H2,1-2H3;3H,1H2,2H3;1H/b14-3-;;. The average Bonchev–Trinajstić information content (AvgIpc) is 2.71. The zero-order chi connectivity index (χ0) is 20.7. The first kappa shape index (κ1) is 24.4. The normalized spacial score (nSPS) is 9.93. The van der Waals surface area contributed by atoms with Crippen LogP contribution in [0, 0.1) is 11.8 Å². The fourth-order valence-electron chi connectivity index (χ4n) is 1.99. The van der Waals surface area contributed by atoms with Crippen molar-refractivity contribution in [2.24, 2.45) is 0 Å². The maximum Gasteiger partial charge on any atom is 0.268 e. The lowest BCUT2D eigenvalue weighted by atomic mass is 10.2. The van der Waals surface area contributed by atoms with Crippen molar-refractivity contribution in [1.29, 1.82) is 5.26 Å². The highest BCUT2D eigenvalue weighted by Crippen LogP contribution is 2.21. The molecule has 27 heavy (non-hydrogen) atoms. The molecule has 0 bridgehead atoms. The third-order valence-corrected chi connectivity index (χ3v) is 4.28. The zero-order valence-corrected chi connectivity index (χ0v) is 17.8. The van der Waals surface area contributed by atoms with Crippen LogP contribution in [-0.4, -0.2) is 4.57 Å². The first-order chi connectivity index (χ1) is 13.0. The second-order valence-corrected chi connectivity index (χ2v) is 6.35. The van der Waals surface area contributed by atoms with Gasteiger partial charge in [-0.15, -0.1) is 6.58 Å². The van der Waals surface area contributed by atoms with Crippen molar-refractivity contribution in [3.05, 3.63) is 87.3 Å². The number of rotatable bonds is 6. The molecule has 0 spiro atoms. The Balaban J connectivity index is 0.00000123. The van der Waals surface area contributed by atoms with Gasteiger partial charge in [0.25, 0.3) is 5.56 Å². The van der Waals surface area contributed by atoms with Gasteiger partial charge in [0, 0.05) is 19.3 Å². The van der Waals surface area contributed by atoms with Crippen molar-refractivity contribution in [2.75, 3.05) is 0 Å². The van der Waals surface area contributed by atoms with Crippen molar-refractivity contribution in [3.8, 4) is 12.3 Å². The lowest BCUT2D eigenvalue weighted by molar-refractivity contribution is 0.302. The van der Waals surface area contributed by atoms with Gasteiger partial charge >= 0.3 is 0 Å². The number of benzene rings is 1. The number of aromatic nitrogens is 1. The molecular formula is C22H27BrN2O2. The van der Waals surface area contributed by atoms with Crippen LogP contribution in [0.2, 0.25) is 0 Å². The minimum absolute atomic E-state index is 0.0607. The van der Waals surface area contributed by atoms with E-state index in [1.807, 2.05) is 50.2 Å². The van der Waals surface area contributed by atoms with Crippen molar-refractivity contribution < 1.29 is 4.74 Å². The quantitative estimate of drug-likeness (QED) is 0.537. The van der Waals surface area contributed by atoms with Gasteiger partial charge in [-0.2, -0.15) is 0 Å². The van der Waals surface area contributed by atoms with Crippen LogP contribution >= 0.6 is 15.9 Å². The fourth-order valence-corrected chi connectivity index (χ4v) is 2.47. The fraction of sp³-hybridized carbons (Fsp3) is 0.273. The molecule has 0 fully saturated rings. The number of nitrogens with zero attached hydrogens (tertiary/aromatic N) is 2. The topological polar surface area (TPSA) is 55.0 Å². The van der Waals surface area contributed by atoms with Crippen molar-refractivity contribution in [1.82, 2.24) is 4.57 Å². The van der Waals surface area contributed by atoms with Gasteiger partial charge in [-0.1, -0.05) is 48.1 Å². The maximum absolute atomic E-state index is 12.3. The van der Waals surface area contributed by atoms with E-state index in [1.54, 1.807) is 16.8 Å². The summed E-state index contributed by atoms with van der Waals surface area (Å²) in [6.07, 6.45) is 6.47. The van der Waals surface area contributed by atoms with E-state index in [0.29, 0.717) is 23.4 Å². The molecule has 2 rings (SSSR count). The Morgan fingerprint density at radius 1 is 1.26 bits per heavy atom. The van der Waals surface area contributed by atoms with E-state index in [2.05, 4.69) is 42.1 Å². The number of halogens is 1. The molecule has 0 saturated carbocycles. The smallest absolute Gasteiger partial charge is 0.268 e. The van der Waals surface area contributed by atoms with Gasteiger partial charge < -0.3 is 9.30 Å². The van der Waals surface area contributed by atoms with Gasteiger partial charge in [-0.05, 0) is 54.8 Å². The number of hydrogen-bond acceptors (Lipinski definition) is 3. The van der Waals surface area contributed by atoms with Gasteiger partial charge in [0.05, 0.1) is 0 Å². The number of pyridine rings is 1. The Bertz CT molecular complexity index is 793. The summed E-state index contributed by atoms with van der Waals surface area (Å²) < 4.78 is 7.91. The van der Waals surface area contributed by atoms with Crippen molar-refractivity contribution >= 4 is 15.9 Å². The first-order valence-corrected chi connectivity index (χ1v) is 9.33. The predicted octanol–water partition coefficient (Wildman–Crippen LogP) is 5.88. The summed E-state index contributed by atoms with van der Waals surface area (Å²) in [6, 6.07) is 11.7. The van der Waals surface area contributed by atoms with Crippen molar-refractivity contribution in [3.63, 3.8) is 0 Å². The van der Waals surface area contributed by atoms with E-state index in [1.165, 1.54) is 5.57 Å². The molecular weight excluding hydrogens is 404 g/mol. The van der Waals surface area contributed by atoms with E-state index >= 15 is 0 Å². The summed E-state index contributed by atoms with van der Waals surface area (Å²) in [7, 11) is 0. The van der Waals surface area contributed by atoms with Gasteiger partial charge in [-0.3, -0.25) is 4.79 Å². The summed E-state index contributed by atoms with van der Waals surface area (Å²) >= 11 is 3.36. The molecule has 1 aromatic carbocycles. The molecule has 0 aliphatic heterocycles. The number of aryl methyl sites for hydroxylation is 1. The van der Waals surface area contributed by atoms with Gasteiger partial charge in [0.2, 0.25) is 0 Å². The van der Waals surface area contributed by atoms with Crippen LogP contribution in [-0.2, 0) is 13.2 Å². The highest BCUT2D eigenvalue weighted by Gasteiger charge is 2.09. The lowest BCUT2D eigenvalue weighted by Gasteiger charge is -2.11. The van der Waals surface area contributed by atoms with Crippen LogP contribution in [0.4, 0.5) is 0 Å². The molecule has 144 valence electrons. The Morgan fingerprint density at radius 2 is 1.85 bits per heavy atom. The highest BCUT2D eigenvalue weighted by atomic mass is 79.9. The summed E-state index contributed by atoms with van der Waals surface area (Å²) in [5.41, 5.74) is 2.28. The van der Waals surface area contributed by atoms with E-state index < -0.39 is 0 Å². The second-order valence-electron chi connectivity index (χ2n) is 5.56. The van der Waals surface area contributed by atoms with Crippen LogP contribution in [0.25, 0.3) is 0 Å². The number of hydrogen-bond donors (Lipinski definition) is 0. The van der Waals surface area contributed by atoms with Gasteiger partial charge in [0.15, 0.2) is 0 Å². The molecule has 1 aromatic heterocycles. The maximum atomic E-state index is 12.3. The second kappa shape index (κ2) is 14.6. The molecule has 5 heteroatoms. The molecule has 0 N–H and O–H groups in total. The van der Waals surface area contributed by atoms with Crippen LogP contribution in [0.15, 0.2) is 76.2 Å². The molecule has 0 saturated heterocycles. The van der Waals surface area contributed by atoms with E-state index in [-0.39, 0.29) is 5.56 Å². The number of nitriles is 1. The molecule has 0 amide bonds. The third kappa shape index (κ3) is 9.07. The van der Waals surface area contributed by atoms with Crippen molar-refractivity contribution in [2.45, 2.75) is 40.3 Å². The Morgan fingerprint density at radius 3 is 2.41 bits per heavy atom. The summed E-state index contributed by atoms with van der Waals surface area (Å²) in [4.78, 5) is 12.3. The van der Waals surface area contributed by atoms with Crippen LogP contribution in [0.3, 0.4) is 0 Å². The Kier molecular flexibility index (Phi) is 13.2. The molecule has 0 atom stereocenters. The number of ether oxygens (including phenoxy) is 1. The minimum atomic E-state index is -0.0607. The highest BCUT2D eigenvalue weighted by molar-refractivity contribution is 9.10. The van der Waals surface area contributed by atoms with Crippen LogP contribution < -0.4 is 10.3 Å². The molecule has 4 nitrogen and oxygen atoms in total. The Labute approximate surface area is 170 Å². The molecule has 2 aromatic rings. The monoisotopic (exact) mass is 430 g/mol. The summed E-state index contributed by atoms with van der Waals surface area (Å²) in [6.45, 7) is 13.9. The lowest BCUT2D eigenvalue weighted by Crippen LogP contribution is -2.21. The summed E-state index contributed by atoms with van der Waals surface area (Å²) in [5, 5.41) is 6.50.